The lowest BCUT2D eigenvalue weighted by Crippen LogP contribution is -2.20. The van der Waals surface area contributed by atoms with Gasteiger partial charge in [-0.1, -0.05) is 38.8 Å². The van der Waals surface area contributed by atoms with Gasteiger partial charge in [-0.15, -0.1) is 0 Å². The maximum atomic E-state index is 2.54. The Morgan fingerprint density at radius 3 is 2.60 bits per heavy atom. The van der Waals surface area contributed by atoms with Crippen LogP contribution in [0.5, 0.6) is 0 Å². The largest absolute Gasteiger partial charge is 0.0645 e. The maximum Gasteiger partial charge on any atom is -0.0102 e. The molecule has 84 valence electrons. The molecule has 0 N–H and O–H groups in total. The van der Waals surface area contributed by atoms with Gasteiger partial charge in [-0.05, 0) is 54.8 Å². The minimum absolute atomic E-state index is 0.517. The van der Waals surface area contributed by atoms with Crippen LogP contribution >= 0.6 is 0 Å². The van der Waals surface area contributed by atoms with E-state index in [4.69, 9.17) is 0 Å². The van der Waals surface area contributed by atoms with E-state index in [-0.39, 0.29) is 0 Å². The van der Waals surface area contributed by atoms with E-state index in [0.29, 0.717) is 10.8 Å². The van der Waals surface area contributed by atoms with Crippen LogP contribution in [0.1, 0.15) is 59.8 Å². The number of rotatable bonds is 0. The summed E-state index contributed by atoms with van der Waals surface area (Å²) >= 11 is 0. The average molecular weight is 204 g/mol. The molecule has 0 saturated heterocycles. The summed E-state index contributed by atoms with van der Waals surface area (Å²) in [6, 6.07) is 0. The Balaban J connectivity index is 2.14. The normalized spacial score (nSPS) is 47.2. The highest BCUT2D eigenvalue weighted by atomic mass is 14.6. The van der Waals surface area contributed by atoms with Gasteiger partial charge < -0.3 is 0 Å². The standard InChI is InChI=1S/C15H24/c1-10-5-6-12-13-11(10)7-8-15(13,4)9-14(12,2)3/h10-11H,5-9H2,1-4H3/t10-,11?,15+/m1/s1. The molecule has 1 saturated carbocycles. The van der Waals surface area contributed by atoms with Crippen LogP contribution in [0.3, 0.4) is 0 Å². The minimum atomic E-state index is 0.517. The van der Waals surface area contributed by atoms with E-state index in [1.165, 1.54) is 32.1 Å². The van der Waals surface area contributed by atoms with Crippen molar-refractivity contribution in [1.29, 1.82) is 0 Å². The van der Waals surface area contributed by atoms with E-state index in [0.717, 1.165) is 11.8 Å². The molecule has 1 fully saturated rings. The SMILES string of the molecule is C[C@@H]1CCC2=C3C1CC[C@@]3(C)CC2(C)C. The first-order chi connectivity index (χ1) is 6.94. The summed E-state index contributed by atoms with van der Waals surface area (Å²) in [5.41, 5.74) is 4.90. The molecule has 0 amide bonds. The molecule has 3 rings (SSSR count). The maximum absolute atomic E-state index is 2.54. The van der Waals surface area contributed by atoms with Gasteiger partial charge in [0, 0.05) is 0 Å². The summed E-state index contributed by atoms with van der Waals surface area (Å²) in [6.07, 6.45) is 7.21. The minimum Gasteiger partial charge on any atom is -0.0645 e. The second-order valence-electron chi connectivity index (χ2n) is 7.17. The first-order valence-electron chi connectivity index (χ1n) is 6.68. The van der Waals surface area contributed by atoms with Gasteiger partial charge in [0.2, 0.25) is 0 Å². The van der Waals surface area contributed by atoms with Crippen LogP contribution in [-0.2, 0) is 0 Å². The van der Waals surface area contributed by atoms with E-state index in [1.807, 2.05) is 11.1 Å². The zero-order valence-corrected chi connectivity index (χ0v) is 10.7. The average Bonchev–Trinajstić information content (AvgIpc) is 2.53. The smallest absolute Gasteiger partial charge is 0.0102 e. The van der Waals surface area contributed by atoms with E-state index in [1.54, 1.807) is 0 Å². The molecule has 0 heterocycles. The van der Waals surface area contributed by atoms with Crippen LogP contribution in [0.4, 0.5) is 0 Å². The van der Waals surface area contributed by atoms with Gasteiger partial charge in [-0.2, -0.15) is 0 Å². The predicted molar refractivity (Wildman–Crippen MR) is 64.7 cm³/mol. The number of hydrogen-bond acceptors (Lipinski definition) is 0. The van der Waals surface area contributed by atoms with E-state index in [2.05, 4.69) is 27.7 Å². The highest BCUT2D eigenvalue weighted by Gasteiger charge is 2.54. The lowest BCUT2D eigenvalue weighted by Gasteiger charge is -2.32. The highest BCUT2D eigenvalue weighted by Crippen LogP contribution is 2.66. The third kappa shape index (κ3) is 1.14. The molecule has 0 aromatic carbocycles. The topological polar surface area (TPSA) is 0 Å². The van der Waals surface area contributed by atoms with Crippen molar-refractivity contribution in [2.24, 2.45) is 22.7 Å². The summed E-state index contributed by atoms with van der Waals surface area (Å²) in [4.78, 5) is 0. The van der Waals surface area contributed by atoms with Gasteiger partial charge in [0.1, 0.15) is 0 Å². The van der Waals surface area contributed by atoms with Crippen molar-refractivity contribution < 1.29 is 0 Å². The Hall–Kier alpha value is -0.260. The van der Waals surface area contributed by atoms with Gasteiger partial charge in [0.15, 0.2) is 0 Å². The zero-order valence-electron chi connectivity index (χ0n) is 10.7. The van der Waals surface area contributed by atoms with Gasteiger partial charge >= 0.3 is 0 Å². The van der Waals surface area contributed by atoms with Crippen LogP contribution in [0.2, 0.25) is 0 Å². The van der Waals surface area contributed by atoms with E-state index < -0.39 is 0 Å². The van der Waals surface area contributed by atoms with Crippen molar-refractivity contribution in [3.05, 3.63) is 11.1 Å². The molecule has 0 radical (unpaired) electrons. The molecule has 0 aromatic heterocycles. The third-order valence-electron chi connectivity index (χ3n) is 5.54. The molecule has 0 heteroatoms. The lowest BCUT2D eigenvalue weighted by atomic mass is 9.73. The van der Waals surface area contributed by atoms with Crippen molar-refractivity contribution >= 4 is 0 Å². The van der Waals surface area contributed by atoms with Crippen molar-refractivity contribution in [3.8, 4) is 0 Å². The summed E-state index contributed by atoms with van der Waals surface area (Å²) in [5.74, 6) is 1.92. The lowest BCUT2D eigenvalue weighted by molar-refractivity contribution is 0.284. The van der Waals surface area contributed by atoms with Gasteiger partial charge in [0.25, 0.3) is 0 Å². The molecule has 3 aliphatic rings. The van der Waals surface area contributed by atoms with E-state index in [9.17, 15) is 0 Å². The summed E-state index contributed by atoms with van der Waals surface area (Å²) < 4.78 is 0. The second kappa shape index (κ2) is 2.70. The van der Waals surface area contributed by atoms with Crippen LogP contribution < -0.4 is 0 Å². The molecule has 0 bridgehead atoms. The number of allylic oxidation sites excluding steroid dienone is 2. The summed E-state index contributed by atoms with van der Waals surface area (Å²) in [5, 5.41) is 0. The molecule has 0 spiro atoms. The van der Waals surface area contributed by atoms with Crippen LogP contribution in [0.15, 0.2) is 11.1 Å². The zero-order chi connectivity index (χ0) is 10.8. The van der Waals surface area contributed by atoms with Crippen molar-refractivity contribution in [1.82, 2.24) is 0 Å². The quantitative estimate of drug-likeness (QED) is 0.507. The first kappa shape index (κ1) is 9.93. The van der Waals surface area contributed by atoms with E-state index >= 15 is 0 Å². The molecular weight excluding hydrogens is 180 g/mol. The molecular formula is C15H24. The Labute approximate surface area is 94.1 Å². The van der Waals surface area contributed by atoms with Gasteiger partial charge in [0.05, 0.1) is 0 Å². The molecule has 0 aliphatic heterocycles. The molecule has 1 unspecified atom stereocenters. The van der Waals surface area contributed by atoms with Crippen LogP contribution in [-0.4, -0.2) is 0 Å². The Kier molecular flexibility index (Phi) is 1.79. The van der Waals surface area contributed by atoms with Crippen LogP contribution in [0.25, 0.3) is 0 Å². The Bertz CT molecular complexity index is 334. The third-order valence-corrected chi connectivity index (χ3v) is 5.54. The van der Waals surface area contributed by atoms with Crippen molar-refractivity contribution in [2.75, 3.05) is 0 Å². The predicted octanol–water partition coefficient (Wildman–Crippen LogP) is 4.56. The molecule has 0 aromatic rings. The summed E-state index contributed by atoms with van der Waals surface area (Å²) in [7, 11) is 0. The summed E-state index contributed by atoms with van der Waals surface area (Å²) in [6.45, 7) is 9.97. The fraction of sp³-hybridized carbons (Fsp3) is 0.867. The molecule has 3 atom stereocenters. The second-order valence-corrected chi connectivity index (χ2v) is 7.17. The van der Waals surface area contributed by atoms with Gasteiger partial charge in [-0.3, -0.25) is 0 Å². The molecule has 15 heavy (non-hydrogen) atoms. The Morgan fingerprint density at radius 2 is 1.87 bits per heavy atom. The van der Waals surface area contributed by atoms with Crippen molar-refractivity contribution in [2.45, 2.75) is 59.8 Å². The number of hydrogen-bond donors (Lipinski definition) is 0. The monoisotopic (exact) mass is 204 g/mol. The molecule has 0 nitrogen and oxygen atoms in total. The Morgan fingerprint density at radius 1 is 1.13 bits per heavy atom. The van der Waals surface area contributed by atoms with Crippen LogP contribution in [0, 0.1) is 22.7 Å². The first-order valence-corrected chi connectivity index (χ1v) is 6.68. The van der Waals surface area contributed by atoms with Gasteiger partial charge in [-0.25, -0.2) is 0 Å². The highest BCUT2D eigenvalue weighted by molar-refractivity contribution is 5.40. The fourth-order valence-corrected chi connectivity index (χ4v) is 5.03. The molecule has 3 aliphatic carbocycles. The van der Waals surface area contributed by atoms with Crippen molar-refractivity contribution in [3.63, 3.8) is 0 Å². The fourth-order valence-electron chi connectivity index (χ4n) is 5.03.